The molecule has 1 aromatic carbocycles. The van der Waals surface area contributed by atoms with E-state index < -0.39 is 40.7 Å². The first-order valence-electron chi connectivity index (χ1n) is 10.6. The van der Waals surface area contributed by atoms with Gasteiger partial charge in [-0.3, -0.25) is 14.6 Å². The molecule has 13 heteroatoms. The molecule has 0 saturated heterocycles. The van der Waals surface area contributed by atoms with Crippen molar-refractivity contribution in [3.05, 3.63) is 71.2 Å². The largest absolute Gasteiger partial charge is 0.417 e. The number of halogens is 5. The van der Waals surface area contributed by atoms with Crippen molar-refractivity contribution in [3.8, 4) is 11.4 Å². The highest BCUT2D eigenvalue weighted by Gasteiger charge is 2.51. The van der Waals surface area contributed by atoms with Crippen molar-refractivity contribution >= 4 is 17.6 Å². The molecular weight excluding hydrogens is 487 g/mol. The molecule has 0 spiro atoms. The number of pyridine rings is 1. The number of hydrogen-bond donors (Lipinski definition) is 3. The molecule has 1 aliphatic carbocycles. The van der Waals surface area contributed by atoms with Gasteiger partial charge in [-0.05, 0) is 25.0 Å². The number of anilines is 1. The van der Waals surface area contributed by atoms with Crippen LogP contribution in [0.25, 0.3) is 11.4 Å². The van der Waals surface area contributed by atoms with Crippen molar-refractivity contribution in [2.24, 2.45) is 0 Å². The predicted octanol–water partition coefficient (Wildman–Crippen LogP) is 3.46. The zero-order valence-electron chi connectivity index (χ0n) is 18.7. The average molecular weight is 506 g/mol. The van der Waals surface area contributed by atoms with Gasteiger partial charge in [0.25, 0.3) is 5.91 Å². The molecular formula is C23H19F5N6O2. The van der Waals surface area contributed by atoms with Crippen LogP contribution < -0.4 is 16.0 Å². The van der Waals surface area contributed by atoms with Crippen LogP contribution in [-0.2, 0) is 17.5 Å². The summed E-state index contributed by atoms with van der Waals surface area (Å²) in [5.74, 6) is -3.00. The number of nitrogens with one attached hydrogen (secondary N) is 3. The first-order chi connectivity index (χ1) is 17.0. The van der Waals surface area contributed by atoms with E-state index in [0.29, 0.717) is 25.1 Å². The van der Waals surface area contributed by atoms with Crippen molar-refractivity contribution in [1.82, 2.24) is 25.6 Å². The second-order valence-corrected chi connectivity index (χ2v) is 8.13. The average Bonchev–Trinajstić information content (AvgIpc) is 3.63. The maximum Gasteiger partial charge on any atom is 0.417 e. The topological polar surface area (TPSA) is 109 Å². The van der Waals surface area contributed by atoms with Crippen LogP contribution in [0.5, 0.6) is 0 Å². The van der Waals surface area contributed by atoms with E-state index in [1.165, 1.54) is 19.2 Å². The predicted molar refractivity (Wildman–Crippen MR) is 117 cm³/mol. The van der Waals surface area contributed by atoms with Crippen LogP contribution in [0.15, 0.2) is 42.7 Å². The summed E-state index contributed by atoms with van der Waals surface area (Å²) in [7, 11) is 1.43. The summed E-state index contributed by atoms with van der Waals surface area (Å²) in [6.45, 7) is -0.174. The van der Waals surface area contributed by atoms with Crippen LogP contribution in [0.1, 0.15) is 34.5 Å². The lowest BCUT2D eigenvalue weighted by Gasteiger charge is -2.16. The Labute approximate surface area is 201 Å². The van der Waals surface area contributed by atoms with E-state index in [1.807, 2.05) is 0 Å². The van der Waals surface area contributed by atoms with E-state index in [4.69, 9.17) is 0 Å². The van der Waals surface area contributed by atoms with E-state index in [9.17, 15) is 31.5 Å². The normalized spacial score (nSPS) is 14.2. The quantitative estimate of drug-likeness (QED) is 0.424. The number of carbonyl (C=O) groups is 2. The van der Waals surface area contributed by atoms with E-state index >= 15 is 0 Å². The number of benzene rings is 1. The van der Waals surface area contributed by atoms with E-state index in [1.54, 1.807) is 0 Å². The molecule has 0 bridgehead atoms. The standard InChI is InChI=1S/C23H19F5N6O2/c1-29-21(36)22(4-5-22)34-20(35)17-8-18(31-10-12-2-3-15(24)7-16(12)25)33-19(32-17)13-6-14(11-30-9-13)23(26,27)28/h2-3,6-9,11H,4-5,10H2,1H3,(H,29,36)(H,34,35)(H,31,32,33). The highest BCUT2D eigenvalue weighted by molar-refractivity contribution is 6.00. The summed E-state index contributed by atoms with van der Waals surface area (Å²) in [5.41, 5.74) is -2.42. The zero-order chi connectivity index (χ0) is 26.1. The van der Waals surface area contributed by atoms with E-state index in [2.05, 4.69) is 30.9 Å². The Morgan fingerprint density at radius 3 is 2.44 bits per heavy atom. The van der Waals surface area contributed by atoms with Gasteiger partial charge in [0.15, 0.2) is 5.82 Å². The summed E-state index contributed by atoms with van der Waals surface area (Å²) >= 11 is 0. The monoisotopic (exact) mass is 506 g/mol. The number of rotatable bonds is 7. The molecule has 1 saturated carbocycles. The Morgan fingerprint density at radius 1 is 1.06 bits per heavy atom. The van der Waals surface area contributed by atoms with Crippen molar-refractivity contribution in [3.63, 3.8) is 0 Å². The van der Waals surface area contributed by atoms with Gasteiger partial charge in [-0.1, -0.05) is 6.07 Å². The molecule has 2 aromatic heterocycles. The van der Waals surface area contributed by atoms with Gasteiger partial charge in [-0.15, -0.1) is 0 Å². The van der Waals surface area contributed by atoms with Crippen molar-refractivity contribution in [1.29, 1.82) is 0 Å². The number of likely N-dealkylation sites (N-methyl/N-ethyl adjacent to an activating group) is 1. The molecule has 0 radical (unpaired) electrons. The minimum absolute atomic E-state index is 0.0175. The number of hydrogen-bond acceptors (Lipinski definition) is 6. The summed E-state index contributed by atoms with van der Waals surface area (Å²) in [6.07, 6.45) is -2.13. The summed E-state index contributed by atoms with van der Waals surface area (Å²) in [4.78, 5) is 36.9. The lowest BCUT2D eigenvalue weighted by atomic mass is 10.1. The minimum Gasteiger partial charge on any atom is -0.366 e. The van der Waals surface area contributed by atoms with Crippen LogP contribution in [0.4, 0.5) is 27.8 Å². The number of aromatic nitrogens is 3. The molecule has 0 atom stereocenters. The highest BCUT2D eigenvalue weighted by Crippen LogP contribution is 2.36. The van der Waals surface area contributed by atoms with Gasteiger partial charge < -0.3 is 16.0 Å². The molecule has 1 aliphatic rings. The molecule has 188 valence electrons. The van der Waals surface area contributed by atoms with Crippen molar-refractivity contribution < 1.29 is 31.5 Å². The Kier molecular flexibility index (Phi) is 6.57. The van der Waals surface area contributed by atoms with Crippen LogP contribution in [-0.4, -0.2) is 39.4 Å². The van der Waals surface area contributed by atoms with Gasteiger partial charge in [0, 0.05) is 49.2 Å². The Hall–Kier alpha value is -4.16. The first-order valence-corrected chi connectivity index (χ1v) is 10.6. The van der Waals surface area contributed by atoms with Gasteiger partial charge >= 0.3 is 6.18 Å². The molecule has 36 heavy (non-hydrogen) atoms. The van der Waals surface area contributed by atoms with Gasteiger partial charge in [0.05, 0.1) is 5.56 Å². The molecule has 2 heterocycles. The van der Waals surface area contributed by atoms with E-state index in [-0.39, 0.29) is 35.0 Å². The fraction of sp³-hybridized carbons (Fsp3) is 0.261. The highest BCUT2D eigenvalue weighted by atomic mass is 19.4. The number of alkyl halides is 3. The Morgan fingerprint density at radius 2 is 1.81 bits per heavy atom. The molecule has 1 fully saturated rings. The SMILES string of the molecule is CNC(=O)C1(NC(=O)c2cc(NCc3ccc(F)cc3F)nc(-c3cncc(C(F)(F)F)c3)n2)CC1. The molecule has 0 aliphatic heterocycles. The van der Waals surface area contributed by atoms with E-state index in [0.717, 1.165) is 18.3 Å². The van der Waals surface area contributed by atoms with Crippen LogP contribution in [0, 0.1) is 11.6 Å². The fourth-order valence-electron chi connectivity index (χ4n) is 3.41. The molecule has 8 nitrogen and oxygen atoms in total. The molecule has 2 amide bonds. The summed E-state index contributed by atoms with van der Waals surface area (Å²) in [5, 5.41) is 7.83. The summed E-state index contributed by atoms with van der Waals surface area (Å²) < 4.78 is 66.8. The zero-order valence-corrected chi connectivity index (χ0v) is 18.7. The number of nitrogens with zero attached hydrogens (tertiary/aromatic N) is 3. The van der Waals surface area contributed by atoms with Crippen LogP contribution >= 0.6 is 0 Å². The summed E-state index contributed by atoms with van der Waals surface area (Å²) in [6, 6.07) is 4.96. The third-order valence-electron chi connectivity index (χ3n) is 5.52. The van der Waals surface area contributed by atoms with Gasteiger partial charge in [0.1, 0.15) is 28.7 Å². The van der Waals surface area contributed by atoms with Crippen molar-refractivity contribution in [2.75, 3.05) is 12.4 Å². The number of amides is 2. The molecule has 3 N–H and O–H groups in total. The third-order valence-corrected chi connectivity index (χ3v) is 5.52. The van der Waals surface area contributed by atoms with Gasteiger partial charge in [-0.2, -0.15) is 13.2 Å². The van der Waals surface area contributed by atoms with Gasteiger partial charge in [-0.25, -0.2) is 18.7 Å². The number of carbonyl (C=O) groups excluding carboxylic acids is 2. The smallest absolute Gasteiger partial charge is 0.366 e. The maximum absolute atomic E-state index is 14.0. The lowest BCUT2D eigenvalue weighted by Crippen LogP contribution is -2.48. The fourth-order valence-corrected chi connectivity index (χ4v) is 3.41. The maximum atomic E-state index is 14.0. The Bertz CT molecular complexity index is 1330. The second kappa shape index (κ2) is 9.47. The molecule has 4 rings (SSSR count). The van der Waals surface area contributed by atoms with Crippen molar-refractivity contribution in [2.45, 2.75) is 31.1 Å². The van der Waals surface area contributed by atoms with Crippen LogP contribution in [0.3, 0.4) is 0 Å². The first kappa shape index (κ1) is 24.9. The molecule has 3 aromatic rings. The second-order valence-electron chi connectivity index (χ2n) is 8.13. The third kappa shape index (κ3) is 5.39. The van der Waals surface area contributed by atoms with Gasteiger partial charge in [0.2, 0.25) is 5.91 Å². The van der Waals surface area contributed by atoms with Crippen LogP contribution in [0.2, 0.25) is 0 Å². The molecule has 0 unspecified atom stereocenters. The minimum atomic E-state index is -4.68. The Balaban J connectivity index is 1.69. The lowest BCUT2D eigenvalue weighted by molar-refractivity contribution is -0.137.